The van der Waals surface area contributed by atoms with Gasteiger partial charge in [-0.05, 0) is 25.8 Å². The van der Waals surface area contributed by atoms with Crippen molar-refractivity contribution in [3.05, 3.63) is 35.9 Å². The Labute approximate surface area is 209 Å². The van der Waals surface area contributed by atoms with Crippen molar-refractivity contribution in [3.63, 3.8) is 0 Å². The number of rotatable bonds is 4. The molecule has 188 valence electrons. The number of aromatic nitrogens is 6. The first-order valence-electron chi connectivity index (χ1n) is 12.3. The van der Waals surface area contributed by atoms with E-state index in [0.29, 0.717) is 37.9 Å². The Balaban J connectivity index is 1.36. The molecule has 12 heteroatoms. The lowest BCUT2D eigenvalue weighted by atomic mass is 9.99. The minimum Gasteiger partial charge on any atom is -0.378 e. The van der Waals surface area contributed by atoms with Gasteiger partial charge in [0.15, 0.2) is 0 Å². The number of morpholine rings is 1. The number of carbonyl (C=O) groups excluding carboxylic acids is 1. The lowest BCUT2D eigenvalue weighted by Gasteiger charge is -2.37. The summed E-state index contributed by atoms with van der Waals surface area (Å²) in [6.45, 7) is 7.10. The van der Waals surface area contributed by atoms with Crippen LogP contribution in [0.15, 0.2) is 24.7 Å². The highest BCUT2D eigenvalue weighted by atomic mass is 16.5. The highest BCUT2D eigenvalue weighted by Crippen LogP contribution is 2.41. The second-order valence-electron chi connectivity index (χ2n) is 9.82. The largest absolute Gasteiger partial charge is 0.378 e. The highest BCUT2D eigenvalue weighted by Gasteiger charge is 2.45. The average molecular weight is 491 g/mol. The van der Waals surface area contributed by atoms with Gasteiger partial charge < -0.3 is 25.2 Å². The summed E-state index contributed by atoms with van der Waals surface area (Å²) in [5.41, 5.74) is 8.85. The maximum absolute atomic E-state index is 13.2. The molecule has 6 heterocycles. The Morgan fingerprint density at radius 1 is 1.11 bits per heavy atom. The molecule has 2 N–H and O–H groups in total. The van der Waals surface area contributed by atoms with Gasteiger partial charge in [0.1, 0.15) is 11.5 Å². The maximum Gasteiger partial charge on any atom is 0.272 e. The van der Waals surface area contributed by atoms with Crippen molar-refractivity contribution in [3.8, 4) is 11.3 Å². The zero-order valence-corrected chi connectivity index (χ0v) is 20.6. The topological polar surface area (TPSA) is 131 Å². The molecule has 2 saturated heterocycles. The number of nitrogens with two attached hydrogens (primary N) is 1. The van der Waals surface area contributed by atoms with Gasteiger partial charge in [-0.3, -0.25) is 9.48 Å². The summed E-state index contributed by atoms with van der Waals surface area (Å²) < 4.78 is 7.18. The molecule has 6 rings (SSSR count). The lowest BCUT2D eigenvalue weighted by molar-refractivity contribution is 0.0773. The molecule has 0 spiro atoms. The number of anilines is 3. The predicted octanol–water partition coefficient (Wildman–Crippen LogP) is 0.753. The molecule has 0 unspecified atom stereocenters. The maximum atomic E-state index is 13.2. The van der Waals surface area contributed by atoms with E-state index in [-0.39, 0.29) is 17.4 Å². The molecule has 0 aromatic carbocycles. The van der Waals surface area contributed by atoms with Crippen LogP contribution < -0.4 is 15.5 Å². The minimum atomic E-state index is -0.245. The number of ether oxygens (including phenoxy) is 1. The summed E-state index contributed by atoms with van der Waals surface area (Å²) >= 11 is 0. The first kappa shape index (κ1) is 22.7. The summed E-state index contributed by atoms with van der Waals surface area (Å²) in [7, 11) is 1.80. The summed E-state index contributed by atoms with van der Waals surface area (Å²) in [4.78, 5) is 38.1. The Hall–Kier alpha value is -3.80. The quantitative estimate of drug-likeness (QED) is 0.559. The van der Waals surface area contributed by atoms with E-state index >= 15 is 0 Å². The molecule has 0 aliphatic carbocycles. The van der Waals surface area contributed by atoms with Gasteiger partial charge in [-0.15, -0.1) is 0 Å². The summed E-state index contributed by atoms with van der Waals surface area (Å²) in [5, 5.41) is 4.16. The Morgan fingerprint density at radius 2 is 1.89 bits per heavy atom. The lowest BCUT2D eigenvalue weighted by Crippen LogP contribution is -2.49. The zero-order valence-electron chi connectivity index (χ0n) is 20.6. The number of likely N-dealkylation sites (tertiary alicyclic amines) is 1. The Morgan fingerprint density at radius 3 is 2.61 bits per heavy atom. The summed E-state index contributed by atoms with van der Waals surface area (Å²) in [5.74, 6) is 1.85. The highest BCUT2D eigenvalue weighted by molar-refractivity contribution is 5.93. The number of hydrogen-bond donors (Lipinski definition) is 1. The minimum absolute atomic E-state index is 0.00884. The molecule has 0 radical (unpaired) electrons. The van der Waals surface area contributed by atoms with E-state index in [0.717, 1.165) is 55.1 Å². The molecule has 3 aromatic heterocycles. The van der Waals surface area contributed by atoms with Crippen molar-refractivity contribution >= 4 is 23.6 Å². The SMILES string of the molecule is Cn1nccc1C(=O)N1CC[C@](C)(N2CCc3c(-c4cnc(N)nc4)nc(N4CCOCC4)nc32)C1. The van der Waals surface area contributed by atoms with Crippen molar-refractivity contribution in [2.45, 2.75) is 25.3 Å². The van der Waals surface area contributed by atoms with Gasteiger partial charge in [0, 0.05) is 69.5 Å². The molecule has 3 aliphatic rings. The molecule has 0 bridgehead atoms. The molecule has 2 fully saturated rings. The fourth-order valence-corrected chi connectivity index (χ4v) is 5.46. The van der Waals surface area contributed by atoms with Gasteiger partial charge in [-0.25, -0.2) is 15.0 Å². The molecule has 0 saturated carbocycles. The van der Waals surface area contributed by atoms with Crippen LogP contribution in [0.5, 0.6) is 0 Å². The number of aryl methyl sites for hydroxylation is 1. The fourth-order valence-electron chi connectivity index (χ4n) is 5.46. The van der Waals surface area contributed by atoms with Crippen LogP contribution in [-0.2, 0) is 18.2 Å². The van der Waals surface area contributed by atoms with Gasteiger partial charge >= 0.3 is 0 Å². The van der Waals surface area contributed by atoms with Crippen molar-refractivity contribution in [1.29, 1.82) is 0 Å². The average Bonchev–Trinajstić information content (AvgIpc) is 3.63. The number of nitrogens with zero attached hydrogens (tertiary/aromatic N) is 9. The van der Waals surface area contributed by atoms with E-state index < -0.39 is 0 Å². The Kier molecular flexibility index (Phi) is 5.47. The van der Waals surface area contributed by atoms with E-state index in [4.69, 9.17) is 20.4 Å². The monoisotopic (exact) mass is 490 g/mol. The van der Waals surface area contributed by atoms with E-state index in [2.05, 4.69) is 31.8 Å². The van der Waals surface area contributed by atoms with E-state index in [1.54, 1.807) is 36.4 Å². The standard InChI is InChI=1S/C24H30N10O2/c1-24(5-8-33(15-24)21(35)18-3-6-28-31(18)2)34-7-4-17-19(16-13-26-22(25)27-14-16)29-23(30-20(17)34)32-9-11-36-12-10-32/h3,6,13-14H,4-5,7-12,15H2,1-2H3,(H2,25,26,27)/t24-/m0/s1. The zero-order chi connectivity index (χ0) is 24.9. The van der Waals surface area contributed by atoms with Crippen LogP contribution in [0.4, 0.5) is 17.7 Å². The predicted molar refractivity (Wildman–Crippen MR) is 134 cm³/mol. The van der Waals surface area contributed by atoms with E-state index in [1.165, 1.54) is 0 Å². The van der Waals surface area contributed by atoms with E-state index in [1.807, 2.05) is 4.90 Å². The molecular formula is C24H30N10O2. The van der Waals surface area contributed by atoms with Crippen LogP contribution in [0, 0.1) is 0 Å². The van der Waals surface area contributed by atoms with Crippen molar-refractivity contribution in [1.82, 2.24) is 34.6 Å². The normalized spacial score (nSPS) is 21.8. The number of fused-ring (bicyclic) bond motifs is 1. The molecule has 3 aliphatic heterocycles. The summed E-state index contributed by atoms with van der Waals surface area (Å²) in [6, 6.07) is 1.77. The summed E-state index contributed by atoms with van der Waals surface area (Å²) in [6.07, 6.45) is 6.77. The van der Waals surface area contributed by atoms with Crippen LogP contribution in [-0.4, -0.2) is 92.0 Å². The van der Waals surface area contributed by atoms with Gasteiger partial charge in [0.2, 0.25) is 11.9 Å². The first-order valence-corrected chi connectivity index (χ1v) is 12.3. The number of nitrogen functional groups attached to an aromatic ring is 1. The van der Waals surface area contributed by atoms with Gasteiger partial charge in [0.05, 0.1) is 24.4 Å². The Bertz CT molecular complexity index is 1290. The smallest absolute Gasteiger partial charge is 0.272 e. The van der Waals surface area contributed by atoms with Crippen molar-refractivity contribution in [2.24, 2.45) is 7.05 Å². The molecule has 12 nitrogen and oxygen atoms in total. The molecule has 36 heavy (non-hydrogen) atoms. The van der Waals surface area contributed by atoms with Gasteiger partial charge in [-0.1, -0.05) is 0 Å². The van der Waals surface area contributed by atoms with Crippen LogP contribution >= 0.6 is 0 Å². The van der Waals surface area contributed by atoms with Gasteiger partial charge in [-0.2, -0.15) is 10.1 Å². The number of amides is 1. The van der Waals surface area contributed by atoms with Crippen LogP contribution in [0.3, 0.4) is 0 Å². The van der Waals surface area contributed by atoms with Crippen LogP contribution in [0.1, 0.15) is 29.4 Å². The second kappa shape index (κ2) is 8.70. The van der Waals surface area contributed by atoms with Crippen LogP contribution in [0.25, 0.3) is 11.3 Å². The first-order chi connectivity index (χ1) is 17.4. The van der Waals surface area contributed by atoms with Crippen LogP contribution in [0.2, 0.25) is 0 Å². The third-order valence-electron chi connectivity index (χ3n) is 7.48. The molecule has 3 aromatic rings. The second-order valence-corrected chi connectivity index (χ2v) is 9.82. The third kappa shape index (κ3) is 3.81. The molecule has 1 amide bonds. The van der Waals surface area contributed by atoms with Crippen molar-refractivity contribution in [2.75, 3.05) is 61.5 Å². The fraction of sp³-hybridized carbons (Fsp3) is 0.500. The molecular weight excluding hydrogens is 460 g/mol. The third-order valence-corrected chi connectivity index (χ3v) is 7.48. The van der Waals surface area contributed by atoms with Crippen molar-refractivity contribution < 1.29 is 9.53 Å². The van der Waals surface area contributed by atoms with E-state index in [9.17, 15) is 4.79 Å². The molecule has 1 atom stereocenters. The number of hydrogen-bond acceptors (Lipinski definition) is 10. The van der Waals surface area contributed by atoms with Gasteiger partial charge in [0.25, 0.3) is 5.91 Å². The number of carbonyl (C=O) groups is 1.